The highest BCUT2D eigenvalue weighted by molar-refractivity contribution is 6.30. The summed E-state index contributed by atoms with van der Waals surface area (Å²) in [6.07, 6.45) is 2.23. The molecule has 0 aliphatic heterocycles. The van der Waals surface area contributed by atoms with Crippen molar-refractivity contribution < 1.29 is 24.2 Å². The normalized spacial score (nSPS) is 14.8. The number of fused-ring (bicyclic) bond motifs is 1. The quantitative estimate of drug-likeness (QED) is 0.542. The van der Waals surface area contributed by atoms with Crippen LogP contribution in [-0.2, 0) is 13.0 Å². The Morgan fingerprint density at radius 3 is 2.72 bits per heavy atom. The number of aromatic hydroxyl groups is 2. The van der Waals surface area contributed by atoms with E-state index in [1.807, 2.05) is 0 Å². The van der Waals surface area contributed by atoms with E-state index in [-0.39, 0.29) is 28.6 Å². The van der Waals surface area contributed by atoms with Crippen LogP contribution in [-0.4, -0.2) is 31.9 Å². The van der Waals surface area contributed by atoms with E-state index in [1.54, 1.807) is 18.2 Å². The maximum Gasteiger partial charge on any atom is 0.267 e. The van der Waals surface area contributed by atoms with Gasteiger partial charge in [0.1, 0.15) is 23.0 Å². The molecule has 1 aliphatic carbocycles. The van der Waals surface area contributed by atoms with Crippen molar-refractivity contribution >= 4 is 23.4 Å². The molecular weight excluding hydrogens is 437 g/mol. The Hall–Kier alpha value is -3.65. The van der Waals surface area contributed by atoms with E-state index in [1.165, 1.54) is 29.3 Å². The van der Waals surface area contributed by atoms with Gasteiger partial charge in [-0.15, -0.1) is 0 Å². The number of carbonyl (C=O) groups excluding carboxylic acids is 2. The molecule has 164 valence electrons. The SMILES string of the molecule is NC(=O)c1ncccc1CN(C(=O)c1ccc(O)cc1O)[C@@H]1CCc2c(F)cc(Cl)cc21. The summed E-state index contributed by atoms with van der Waals surface area (Å²) in [5.74, 6) is -2.37. The van der Waals surface area contributed by atoms with Crippen molar-refractivity contribution in [2.24, 2.45) is 5.73 Å². The minimum Gasteiger partial charge on any atom is -0.508 e. The molecule has 0 radical (unpaired) electrons. The lowest BCUT2D eigenvalue weighted by Crippen LogP contribution is -2.34. The zero-order chi connectivity index (χ0) is 23.0. The summed E-state index contributed by atoms with van der Waals surface area (Å²) >= 11 is 6.08. The van der Waals surface area contributed by atoms with Crippen LogP contribution in [0.2, 0.25) is 5.02 Å². The highest BCUT2D eigenvalue weighted by Crippen LogP contribution is 2.41. The molecule has 9 heteroatoms. The Balaban J connectivity index is 1.82. The van der Waals surface area contributed by atoms with Gasteiger partial charge in [-0.1, -0.05) is 17.7 Å². The van der Waals surface area contributed by atoms with Gasteiger partial charge in [-0.2, -0.15) is 0 Å². The summed E-state index contributed by atoms with van der Waals surface area (Å²) in [4.78, 5) is 30.9. The van der Waals surface area contributed by atoms with E-state index in [0.717, 1.165) is 6.07 Å². The lowest BCUT2D eigenvalue weighted by molar-refractivity contribution is 0.0652. The van der Waals surface area contributed by atoms with Crippen LogP contribution in [0.1, 0.15) is 50.0 Å². The number of benzene rings is 2. The van der Waals surface area contributed by atoms with E-state index < -0.39 is 29.4 Å². The molecule has 0 bridgehead atoms. The first-order valence-electron chi connectivity index (χ1n) is 9.80. The van der Waals surface area contributed by atoms with E-state index in [2.05, 4.69) is 4.98 Å². The van der Waals surface area contributed by atoms with Gasteiger partial charge in [0.05, 0.1) is 11.6 Å². The first-order valence-corrected chi connectivity index (χ1v) is 10.2. The molecule has 0 unspecified atom stereocenters. The zero-order valence-corrected chi connectivity index (χ0v) is 17.5. The fourth-order valence-electron chi connectivity index (χ4n) is 4.10. The van der Waals surface area contributed by atoms with Crippen molar-refractivity contribution in [3.8, 4) is 11.5 Å². The van der Waals surface area contributed by atoms with Gasteiger partial charge in [0.25, 0.3) is 11.8 Å². The topological polar surface area (TPSA) is 117 Å². The third-order valence-corrected chi connectivity index (χ3v) is 5.75. The second-order valence-electron chi connectivity index (χ2n) is 7.52. The van der Waals surface area contributed by atoms with Crippen LogP contribution in [0.15, 0.2) is 48.7 Å². The predicted octanol–water partition coefficient (Wildman–Crippen LogP) is 3.71. The molecule has 4 rings (SSSR count). The number of aromatic nitrogens is 1. The maximum absolute atomic E-state index is 14.5. The first kappa shape index (κ1) is 21.6. The van der Waals surface area contributed by atoms with Crippen molar-refractivity contribution in [2.45, 2.75) is 25.4 Å². The molecule has 32 heavy (non-hydrogen) atoms. The zero-order valence-electron chi connectivity index (χ0n) is 16.8. The second-order valence-corrected chi connectivity index (χ2v) is 7.96. The van der Waals surface area contributed by atoms with Gasteiger partial charge < -0.3 is 20.8 Å². The van der Waals surface area contributed by atoms with Crippen LogP contribution in [0.25, 0.3) is 0 Å². The van der Waals surface area contributed by atoms with E-state index in [0.29, 0.717) is 29.5 Å². The number of primary amides is 1. The number of carbonyl (C=O) groups is 2. The molecule has 0 fully saturated rings. The highest BCUT2D eigenvalue weighted by Gasteiger charge is 2.35. The van der Waals surface area contributed by atoms with Crippen LogP contribution >= 0.6 is 11.6 Å². The first-order chi connectivity index (χ1) is 15.3. The van der Waals surface area contributed by atoms with Crippen LogP contribution in [0.5, 0.6) is 11.5 Å². The van der Waals surface area contributed by atoms with Gasteiger partial charge in [-0.3, -0.25) is 14.6 Å². The number of hydrogen-bond acceptors (Lipinski definition) is 5. The third kappa shape index (κ3) is 3.97. The summed E-state index contributed by atoms with van der Waals surface area (Å²) in [5, 5.41) is 20.1. The highest BCUT2D eigenvalue weighted by atomic mass is 35.5. The number of phenols is 2. The lowest BCUT2D eigenvalue weighted by Gasteiger charge is -2.31. The molecule has 3 aromatic rings. The van der Waals surface area contributed by atoms with Crippen LogP contribution in [0, 0.1) is 5.82 Å². The predicted molar refractivity (Wildman–Crippen MR) is 115 cm³/mol. The Bertz CT molecular complexity index is 1230. The molecule has 0 saturated carbocycles. The lowest BCUT2D eigenvalue weighted by atomic mass is 10.0. The molecule has 1 heterocycles. The van der Waals surface area contributed by atoms with E-state index >= 15 is 0 Å². The maximum atomic E-state index is 14.5. The minimum absolute atomic E-state index is 0.00993. The van der Waals surface area contributed by atoms with Gasteiger partial charge >= 0.3 is 0 Å². The third-order valence-electron chi connectivity index (χ3n) is 5.54. The Morgan fingerprint density at radius 1 is 1.22 bits per heavy atom. The summed E-state index contributed by atoms with van der Waals surface area (Å²) in [6, 6.07) is 9.15. The van der Waals surface area contributed by atoms with E-state index in [4.69, 9.17) is 17.3 Å². The molecule has 7 nitrogen and oxygen atoms in total. The minimum atomic E-state index is -0.749. The van der Waals surface area contributed by atoms with Crippen LogP contribution < -0.4 is 5.73 Å². The summed E-state index contributed by atoms with van der Waals surface area (Å²) in [5.41, 5.74) is 6.84. The smallest absolute Gasteiger partial charge is 0.267 e. The number of rotatable bonds is 5. The fraction of sp³-hybridized carbons (Fsp3) is 0.174. The van der Waals surface area contributed by atoms with Gasteiger partial charge in [0, 0.05) is 29.4 Å². The molecule has 1 aliphatic rings. The fourth-order valence-corrected chi connectivity index (χ4v) is 4.31. The summed E-state index contributed by atoms with van der Waals surface area (Å²) in [7, 11) is 0. The number of amides is 2. The average molecular weight is 456 g/mol. The molecule has 2 amide bonds. The van der Waals surface area contributed by atoms with Crippen molar-refractivity contribution in [3.63, 3.8) is 0 Å². The van der Waals surface area contributed by atoms with Crippen molar-refractivity contribution in [3.05, 3.63) is 87.4 Å². The summed E-state index contributed by atoms with van der Waals surface area (Å²) < 4.78 is 14.5. The molecule has 2 aromatic carbocycles. The molecular formula is C23H19ClFN3O4. The number of pyridine rings is 1. The standard InChI is InChI=1S/C23H19ClFN3O4/c24-13-8-17-15(18(25)9-13)5-6-19(17)28(11-12-2-1-7-27-21(12)22(26)31)23(32)16-4-3-14(29)10-20(16)30/h1-4,7-10,19,29-30H,5-6,11H2,(H2,26,31)/t19-/m1/s1. The average Bonchev–Trinajstić information content (AvgIpc) is 3.15. The number of nitrogens with two attached hydrogens (primary N) is 1. The van der Waals surface area contributed by atoms with Gasteiger partial charge in [-0.25, -0.2) is 4.39 Å². The van der Waals surface area contributed by atoms with Crippen molar-refractivity contribution in [2.75, 3.05) is 0 Å². The molecule has 4 N–H and O–H groups in total. The van der Waals surface area contributed by atoms with E-state index in [9.17, 15) is 24.2 Å². The monoisotopic (exact) mass is 455 g/mol. The number of hydrogen-bond donors (Lipinski definition) is 3. The second kappa shape index (κ2) is 8.47. The summed E-state index contributed by atoms with van der Waals surface area (Å²) in [6.45, 7) is -0.0660. The largest absolute Gasteiger partial charge is 0.508 e. The van der Waals surface area contributed by atoms with Gasteiger partial charge in [0.15, 0.2) is 0 Å². The Morgan fingerprint density at radius 2 is 2.00 bits per heavy atom. The van der Waals surface area contributed by atoms with Crippen molar-refractivity contribution in [1.82, 2.24) is 9.88 Å². The van der Waals surface area contributed by atoms with Crippen LogP contribution in [0.3, 0.4) is 0 Å². The van der Waals surface area contributed by atoms with Gasteiger partial charge in [0.2, 0.25) is 0 Å². The number of phenolic OH excluding ortho intramolecular Hbond substituents is 2. The van der Waals surface area contributed by atoms with Crippen LogP contribution in [0.4, 0.5) is 4.39 Å². The van der Waals surface area contributed by atoms with Crippen molar-refractivity contribution in [1.29, 1.82) is 0 Å². The number of halogens is 2. The molecule has 0 saturated heterocycles. The Labute approximate surface area is 187 Å². The number of nitrogens with zero attached hydrogens (tertiary/aromatic N) is 2. The molecule has 1 atom stereocenters. The molecule has 0 spiro atoms. The van der Waals surface area contributed by atoms with Gasteiger partial charge in [-0.05, 0) is 54.3 Å². The molecule has 1 aromatic heterocycles. The Kier molecular flexibility index (Phi) is 5.71.